The van der Waals surface area contributed by atoms with Gasteiger partial charge in [0.1, 0.15) is 5.69 Å². The first-order chi connectivity index (χ1) is 10.6. The number of carbonyl (C=O) groups excluding carboxylic acids is 2. The van der Waals surface area contributed by atoms with E-state index in [2.05, 4.69) is 16.9 Å². The zero-order valence-electron chi connectivity index (χ0n) is 13.8. The van der Waals surface area contributed by atoms with E-state index in [4.69, 9.17) is 0 Å². The van der Waals surface area contributed by atoms with Crippen LogP contribution in [0.25, 0.3) is 0 Å². The summed E-state index contributed by atoms with van der Waals surface area (Å²) in [5.74, 6) is -0.0765. The summed E-state index contributed by atoms with van der Waals surface area (Å²) in [6.07, 6.45) is 6.76. The molecule has 1 aromatic rings. The number of carbonyl (C=O) groups is 2. The molecule has 0 bridgehead atoms. The molecule has 0 fully saturated rings. The molecule has 2 amide bonds. The normalized spacial score (nSPS) is 10.3. The van der Waals surface area contributed by atoms with Crippen LogP contribution in [0.1, 0.15) is 50.5 Å². The van der Waals surface area contributed by atoms with E-state index < -0.39 is 0 Å². The minimum atomic E-state index is -0.158. The van der Waals surface area contributed by atoms with Crippen LogP contribution in [0.15, 0.2) is 18.6 Å². The van der Waals surface area contributed by atoms with Crippen molar-refractivity contribution in [1.29, 1.82) is 0 Å². The third kappa shape index (κ3) is 5.42. The summed E-state index contributed by atoms with van der Waals surface area (Å²) in [5.41, 5.74) is 0.328. The van der Waals surface area contributed by atoms with Crippen LogP contribution in [-0.2, 0) is 4.79 Å². The Morgan fingerprint density at radius 3 is 2.32 bits per heavy atom. The zero-order valence-corrected chi connectivity index (χ0v) is 13.8. The predicted molar refractivity (Wildman–Crippen MR) is 85.4 cm³/mol. The van der Waals surface area contributed by atoms with E-state index >= 15 is 0 Å². The van der Waals surface area contributed by atoms with Crippen molar-refractivity contribution in [1.82, 2.24) is 19.8 Å². The second-order valence-corrected chi connectivity index (χ2v) is 5.05. The second kappa shape index (κ2) is 9.87. The highest BCUT2D eigenvalue weighted by Gasteiger charge is 2.19. The zero-order chi connectivity index (χ0) is 16.4. The molecule has 6 nitrogen and oxygen atoms in total. The van der Waals surface area contributed by atoms with Gasteiger partial charge < -0.3 is 9.80 Å². The second-order valence-electron chi connectivity index (χ2n) is 5.05. The number of hydrogen-bond acceptors (Lipinski definition) is 4. The molecule has 0 atom stereocenters. The molecule has 22 heavy (non-hydrogen) atoms. The number of rotatable bonds is 9. The largest absolute Gasteiger partial charge is 0.343 e. The van der Waals surface area contributed by atoms with Crippen molar-refractivity contribution >= 4 is 11.8 Å². The maximum Gasteiger partial charge on any atom is 0.274 e. The van der Waals surface area contributed by atoms with Crippen molar-refractivity contribution in [3.8, 4) is 0 Å². The average molecular weight is 306 g/mol. The molecule has 0 N–H and O–H groups in total. The Hall–Kier alpha value is -1.98. The van der Waals surface area contributed by atoms with Gasteiger partial charge in [0.15, 0.2) is 0 Å². The molecule has 1 rings (SSSR count). The fourth-order valence-electron chi connectivity index (χ4n) is 2.20. The highest BCUT2D eigenvalue weighted by molar-refractivity contribution is 5.92. The molecule has 6 heteroatoms. The summed E-state index contributed by atoms with van der Waals surface area (Å²) in [4.78, 5) is 36.0. The molecule has 0 spiro atoms. The van der Waals surface area contributed by atoms with Crippen LogP contribution >= 0.6 is 0 Å². The van der Waals surface area contributed by atoms with Gasteiger partial charge in [-0.25, -0.2) is 4.98 Å². The number of aromatic nitrogens is 2. The molecule has 1 aromatic heterocycles. The van der Waals surface area contributed by atoms with Crippen molar-refractivity contribution in [3.05, 3.63) is 24.3 Å². The molecule has 0 aliphatic heterocycles. The van der Waals surface area contributed by atoms with Gasteiger partial charge in [0.05, 0.1) is 6.20 Å². The molecule has 0 aromatic carbocycles. The van der Waals surface area contributed by atoms with E-state index in [1.54, 1.807) is 9.80 Å². The summed E-state index contributed by atoms with van der Waals surface area (Å²) < 4.78 is 0. The Morgan fingerprint density at radius 2 is 1.77 bits per heavy atom. The van der Waals surface area contributed by atoms with Crippen LogP contribution in [0.4, 0.5) is 0 Å². The third-order valence-corrected chi connectivity index (χ3v) is 3.56. The van der Waals surface area contributed by atoms with Crippen LogP contribution < -0.4 is 0 Å². The molecule has 0 saturated carbocycles. The Labute approximate surface area is 132 Å². The Kier molecular flexibility index (Phi) is 8.10. The van der Waals surface area contributed by atoms with E-state index in [9.17, 15) is 9.59 Å². The van der Waals surface area contributed by atoms with Crippen LogP contribution in [-0.4, -0.2) is 57.8 Å². The molecule has 0 saturated heterocycles. The van der Waals surface area contributed by atoms with Gasteiger partial charge in [-0.3, -0.25) is 14.6 Å². The van der Waals surface area contributed by atoms with Crippen LogP contribution in [0.2, 0.25) is 0 Å². The third-order valence-electron chi connectivity index (χ3n) is 3.56. The lowest BCUT2D eigenvalue weighted by Gasteiger charge is -2.24. The van der Waals surface area contributed by atoms with Crippen molar-refractivity contribution in [2.24, 2.45) is 0 Å². The van der Waals surface area contributed by atoms with Gasteiger partial charge in [0, 0.05) is 45.0 Å². The molecular formula is C16H26N4O2. The van der Waals surface area contributed by atoms with E-state index in [0.29, 0.717) is 38.3 Å². The van der Waals surface area contributed by atoms with E-state index in [-0.39, 0.29) is 11.8 Å². The van der Waals surface area contributed by atoms with E-state index in [0.717, 1.165) is 12.8 Å². The van der Waals surface area contributed by atoms with Crippen LogP contribution in [0, 0.1) is 0 Å². The van der Waals surface area contributed by atoms with Gasteiger partial charge in [-0.15, -0.1) is 0 Å². The summed E-state index contributed by atoms with van der Waals surface area (Å²) in [6.45, 7) is 8.45. The lowest BCUT2D eigenvalue weighted by molar-refractivity contribution is -0.131. The molecule has 0 aliphatic rings. The summed E-state index contributed by atoms with van der Waals surface area (Å²) >= 11 is 0. The SMILES string of the molecule is CCCCN(CCC(=O)N(CC)CC)C(=O)c1cnccn1. The van der Waals surface area contributed by atoms with Gasteiger partial charge in [-0.1, -0.05) is 13.3 Å². The Morgan fingerprint density at radius 1 is 1.05 bits per heavy atom. The number of nitrogens with zero attached hydrogens (tertiary/aromatic N) is 4. The van der Waals surface area contributed by atoms with Crippen molar-refractivity contribution in [2.75, 3.05) is 26.2 Å². The predicted octanol–water partition coefficient (Wildman–Crippen LogP) is 1.98. The van der Waals surface area contributed by atoms with Gasteiger partial charge in [0.2, 0.25) is 5.91 Å². The summed E-state index contributed by atoms with van der Waals surface area (Å²) in [5, 5.41) is 0. The fraction of sp³-hybridized carbons (Fsp3) is 0.625. The topological polar surface area (TPSA) is 66.4 Å². The van der Waals surface area contributed by atoms with Gasteiger partial charge in [-0.05, 0) is 20.3 Å². The fourth-order valence-corrected chi connectivity index (χ4v) is 2.20. The minimum Gasteiger partial charge on any atom is -0.343 e. The first kappa shape index (κ1) is 18.1. The lowest BCUT2D eigenvalue weighted by atomic mass is 10.2. The van der Waals surface area contributed by atoms with E-state index in [1.807, 2.05) is 13.8 Å². The Bertz CT molecular complexity index is 460. The maximum atomic E-state index is 12.5. The summed E-state index contributed by atoms with van der Waals surface area (Å²) in [7, 11) is 0. The van der Waals surface area contributed by atoms with Gasteiger partial charge in [-0.2, -0.15) is 0 Å². The standard InChI is InChI=1S/C16H26N4O2/c1-4-7-11-20(12-8-15(21)19(5-2)6-3)16(22)14-13-17-9-10-18-14/h9-10,13H,4-8,11-12H2,1-3H3. The first-order valence-corrected chi connectivity index (χ1v) is 7.97. The van der Waals surface area contributed by atoms with Crippen LogP contribution in [0.3, 0.4) is 0 Å². The minimum absolute atomic E-state index is 0.0819. The molecule has 1 heterocycles. The quantitative estimate of drug-likeness (QED) is 0.699. The van der Waals surface area contributed by atoms with Crippen LogP contribution in [0.5, 0.6) is 0 Å². The van der Waals surface area contributed by atoms with E-state index in [1.165, 1.54) is 18.6 Å². The van der Waals surface area contributed by atoms with Crippen molar-refractivity contribution < 1.29 is 9.59 Å². The highest BCUT2D eigenvalue weighted by Crippen LogP contribution is 2.05. The smallest absolute Gasteiger partial charge is 0.274 e. The Balaban J connectivity index is 2.68. The molecule has 0 radical (unpaired) electrons. The average Bonchev–Trinajstić information content (AvgIpc) is 2.56. The lowest BCUT2D eigenvalue weighted by Crippen LogP contribution is -2.38. The summed E-state index contributed by atoms with van der Waals surface area (Å²) in [6, 6.07) is 0. The van der Waals surface area contributed by atoms with Gasteiger partial charge in [0.25, 0.3) is 5.91 Å². The number of amides is 2. The first-order valence-electron chi connectivity index (χ1n) is 7.97. The number of hydrogen-bond donors (Lipinski definition) is 0. The monoisotopic (exact) mass is 306 g/mol. The van der Waals surface area contributed by atoms with Crippen molar-refractivity contribution in [2.45, 2.75) is 40.0 Å². The van der Waals surface area contributed by atoms with Crippen molar-refractivity contribution in [3.63, 3.8) is 0 Å². The maximum absolute atomic E-state index is 12.5. The van der Waals surface area contributed by atoms with Gasteiger partial charge >= 0.3 is 0 Å². The molecular weight excluding hydrogens is 280 g/mol. The molecule has 0 unspecified atom stereocenters. The highest BCUT2D eigenvalue weighted by atomic mass is 16.2. The molecule has 122 valence electrons. The number of unbranched alkanes of at least 4 members (excludes halogenated alkanes) is 1. The molecule has 0 aliphatic carbocycles.